The number of fused-ring (bicyclic) bond motifs is 2. The Balaban J connectivity index is 1.63. The Labute approximate surface area is 124 Å². The molecule has 1 atom stereocenters. The Hall–Kier alpha value is -1.88. The summed E-state index contributed by atoms with van der Waals surface area (Å²) in [7, 11) is 0. The van der Waals surface area contributed by atoms with E-state index in [0.717, 1.165) is 55.4 Å². The van der Waals surface area contributed by atoms with Crippen LogP contribution in [0.15, 0.2) is 24.3 Å². The minimum atomic E-state index is -0.343. The average Bonchev–Trinajstić information content (AvgIpc) is 2.94. The van der Waals surface area contributed by atoms with Gasteiger partial charge in [0.15, 0.2) is 5.82 Å². The minimum absolute atomic E-state index is 0.343. The van der Waals surface area contributed by atoms with Gasteiger partial charge >= 0.3 is 0 Å². The van der Waals surface area contributed by atoms with Crippen molar-refractivity contribution < 1.29 is 5.11 Å². The number of hydrogen-bond acceptors (Lipinski definition) is 4. The number of benzene rings is 1. The third-order valence-corrected chi connectivity index (χ3v) is 4.58. The molecule has 0 fully saturated rings. The van der Waals surface area contributed by atoms with Gasteiger partial charge in [-0.1, -0.05) is 18.2 Å². The third kappa shape index (κ3) is 2.21. The second-order valence-electron chi connectivity index (χ2n) is 5.93. The third-order valence-electron chi connectivity index (χ3n) is 4.58. The first-order valence-electron chi connectivity index (χ1n) is 7.76. The maximum absolute atomic E-state index is 10.1. The van der Waals surface area contributed by atoms with Crippen LogP contribution < -0.4 is 4.90 Å². The van der Waals surface area contributed by atoms with Crippen LogP contribution in [0.3, 0.4) is 0 Å². The van der Waals surface area contributed by atoms with Crippen molar-refractivity contribution in [2.45, 2.75) is 44.9 Å². The quantitative estimate of drug-likeness (QED) is 0.917. The molecule has 1 aromatic carbocycles. The number of nitrogens with zero attached hydrogens (tertiary/aromatic N) is 4. The first kappa shape index (κ1) is 12.8. The topological polar surface area (TPSA) is 54.2 Å². The normalized spacial score (nSPS) is 21.0. The summed E-state index contributed by atoms with van der Waals surface area (Å²) in [5.41, 5.74) is 2.16. The maximum atomic E-state index is 10.1. The largest absolute Gasteiger partial charge is 0.388 e. The molecule has 1 aromatic heterocycles. The van der Waals surface area contributed by atoms with E-state index in [9.17, 15) is 5.11 Å². The first-order chi connectivity index (χ1) is 10.3. The molecule has 110 valence electrons. The van der Waals surface area contributed by atoms with Crippen LogP contribution in [0.2, 0.25) is 0 Å². The number of aliphatic hydroxyl groups excluding tert-OH is 1. The molecule has 0 radical (unpaired) electrons. The zero-order valence-corrected chi connectivity index (χ0v) is 12.1. The molecule has 2 aliphatic heterocycles. The van der Waals surface area contributed by atoms with Gasteiger partial charge in [-0.3, -0.25) is 0 Å². The van der Waals surface area contributed by atoms with Crippen LogP contribution >= 0.6 is 0 Å². The lowest BCUT2D eigenvalue weighted by atomic mass is 9.99. The van der Waals surface area contributed by atoms with E-state index in [4.69, 9.17) is 0 Å². The summed E-state index contributed by atoms with van der Waals surface area (Å²) in [6, 6.07) is 8.13. The number of anilines is 1. The van der Waals surface area contributed by atoms with Crippen molar-refractivity contribution in [3.8, 4) is 0 Å². The molecule has 2 aromatic rings. The van der Waals surface area contributed by atoms with Crippen LogP contribution in [0.4, 0.5) is 5.69 Å². The van der Waals surface area contributed by atoms with Gasteiger partial charge in [-0.2, -0.15) is 0 Å². The van der Waals surface area contributed by atoms with Crippen molar-refractivity contribution in [3.63, 3.8) is 0 Å². The molecule has 0 bridgehead atoms. The predicted octanol–water partition coefficient (Wildman–Crippen LogP) is 2.06. The smallest absolute Gasteiger partial charge is 0.152 e. The molecule has 0 saturated carbocycles. The highest BCUT2D eigenvalue weighted by atomic mass is 16.3. The van der Waals surface area contributed by atoms with E-state index < -0.39 is 0 Å². The van der Waals surface area contributed by atoms with Crippen molar-refractivity contribution >= 4 is 5.69 Å². The molecule has 1 unspecified atom stereocenters. The first-order valence-corrected chi connectivity index (χ1v) is 7.76. The Kier molecular flexibility index (Phi) is 3.15. The SMILES string of the molecule is OC1CCN(Cc2nnc3n2CCCC3)c2ccccc21. The fourth-order valence-electron chi connectivity index (χ4n) is 3.43. The lowest BCUT2D eigenvalue weighted by molar-refractivity contribution is 0.164. The summed E-state index contributed by atoms with van der Waals surface area (Å²) in [5.74, 6) is 2.18. The van der Waals surface area contributed by atoms with Gasteiger partial charge in [-0.05, 0) is 25.3 Å². The lowest BCUT2D eigenvalue weighted by Gasteiger charge is -2.33. The Bertz CT molecular complexity index is 651. The Morgan fingerprint density at radius 1 is 1.14 bits per heavy atom. The highest BCUT2D eigenvalue weighted by Gasteiger charge is 2.25. The monoisotopic (exact) mass is 284 g/mol. The van der Waals surface area contributed by atoms with Gasteiger partial charge in [-0.25, -0.2) is 0 Å². The summed E-state index contributed by atoms with van der Waals surface area (Å²) < 4.78 is 2.27. The molecule has 1 N–H and O–H groups in total. The zero-order chi connectivity index (χ0) is 14.2. The highest BCUT2D eigenvalue weighted by Crippen LogP contribution is 2.34. The molecular formula is C16H20N4O. The van der Waals surface area contributed by atoms with Crippen LogP contribution in [0.25, 0.3) is 0 Å². The van der Waals surface area contributed by atoms with E-state index >= 15 is 0 Å². The van der Waals surface area contributed by atoms with Crippen molar-refractivity contribution in [2.75, 3.05) is 11.4 Å². The van der Waals surface area contributed by atoms with Gasteiger partial charge in [0, 0.05) is 30.8 Å². The number of aliphatic hydroxyl groups is 1. The molecule has 5 nitrogen and oxygen atoms in total. The molecule has 2 aliphatic rings. The number of hydrogen-bond donors (Lipinski definition) is 1. The van der Waals surface area contributed by atoms with E-state index in [-0.39, 0.29) is 6.10 Å². The van der Waals surface area contributed by atoms with E-state index in [1.165, 1.54) is 12.8 Å². The minimum Gasteiger partial charge on any atom is -0.388 e. The fraction of sp³-hybridized carbons (Fsp3) is 0.500. The number of para-hydroxylation sites is 1. The molecule has 0 spiro atoms. The summed E-state index contributed by atoms with van der Waals surface area (Å²) in [4.78, 5) is 2.31. The van der Waals surface area contributed by atoms with Crippen molar-refractivity contribution in [3.05, 3.63) is 41.5 Å². The van der Waals surface area contributed by atoms with Crippen molar-refractivity contribution in [2.24, 2.45) is 0 Å². The van der Waals surface area contributed by atoms with Gasteiger partial charge in [0.05, 0.1) is 12.6 Å². The molecule has 4 rings (SSSR count). The molecule has 3 heterocycles. The van der Waals surface area contributed by atoms with E-state index in [1.54, 1.807) is 0 Å². The Morgan fingerprint density at radius 2 is 2.05 bits per heavy atom. The number of aryl methyl sites for hydroxylation is 1. The van der Waals surface area contributed by atoms with E-state index in [0.29, 0.717) is 0 Å². The van der Waals surface area contributed by atoms with Crippen LogP contribution in [-0.2, 0) is 19.5 Å². The number of rotatable bonds is 2. The van der Waals surface area contributed by atoms with Crippen molar-refractivity contribution in [1.82, 2.24) is 14.8 Å². The fourth-order valence-corrected chi connectivity index (χ4v) is 3.43. The Morgan fingerprint density at radius 3 is 3.00 bits per heavy atom. The molecule has 5 heteroatoms. The molecular weight excluding hydrogens is 264 g/mol. The molecule has 0 aliphatic carbocycles. The van der Waals surface area contributed by atoms with Crippen LogP contribution in [0, 0.1) is 0 Å². The second-order valence-corrected chi connectivity index (χ2v) is 5.93. The maximum Gasteiger partial charge on any atom is 0.152 e. The molecule has 0 saturated heterocycles. The van der Waals surface area contributed by atoms with Gasteiger partial charge in [0.1, 0.15) is 5.82 Å². The predicted molar refractivity (Wildman–Crippen MR) is 80.0 cm³/mol. The number of aromatic nitrogens is 3. The van der Waals surface area contributed by atoms with Crippen molar-refractivity contribution in [1.29, 1.82) is 0 Å². The van der Waals surface area contributed by atoms with Crippen LogP contribution in [0.5, 0.6) is 0 Å². The average molecular weight is 284 g/mol. The van der Waals surface area contributed by atoms with Gasteiger partial charge < -0.3 is 14.6 Å². The van der Waals surface area contributed by atoms with Gasteiger partial charge in [0.2, 0.25) is 0 Å². The highest BCUT2D eigenvalue weighted by molar-refractivity contribution is 5.56. The second kappa shape index (κ2) is 5.15. The summed E-state index contributed by atoms with van der Waals surface area (Å²) in [6.07, 6.45) is 3.91. The van der Waals surface area contributed by atoms with Gasteiger partial charge in [0.25, 0.3) is 0 Å². The standard InChI is InChI=1S/C16H20N4O/c21-14-8-10-19(13-6-2-1-5-12(13)14)11-16-18-17-15-7-3-4-9-20(15)16/h1-2,5-6,14,21H,3-4,7-11H2. The lowest BCUT2D eigenvalue weighted by Crippen LogP contribution is -2.32. The summed E-state index contributed by atoms with van der Waals surface area (Å²) in [5, 5.41) is 18.9. The van der Waals surface area contributed by atoms with Crippen LogP contribution in [0.1, 0.15) is 42.6 Å². The van der Waals surface area contributed by atoms with Crippen LogP contribution in [-0.4, -0.2) is 26.4 Å². The summed E-state index contributed by atoms with van der Waals surface area (Å²) in [6.45, 7) is 2.67. The zero-order valence-electron chi connectivity index (χ0n) is 12.1. The molecule has 21 heavy (non-hydrogen) atoms. The molecule has 0 amide bonds. The van der Waals surface area contributed by atoms with E-state index in [2.05, 4.69) is 25.7 Å². The summed E-state index contributed by atoms with van der Waals surface area (Å²) >= 11 is 0. The van der Waals surface area contributed by atoms with E-state index in [1.807, 2.05) is 18.2 Å². The van der Waals surface area contributed by atoms with Gasteiger partial charge in [-0.15, -0.1) is 10.2 Å².